The quantitative estimate of drug-likeness (QED) is 0.483. The van der Waals surface area contributed by atoms with Crippen molar-refractivity contribution >= 4 is 19.4 Å². The normalized spacial score (nSPS) is 11.9. The first-order valence-electron chi connectivity index (χ1n) is 5.87. The highest BCUT2D eigenvalue weighted by atomic mass is 16.4. The molecule has 0 aliphatic heterocycles. The minimum Gasteiger partial charge on any atom is -0.564 e. The van der Waals surface area contributed by atoms with Crippen molar-refractivity contribution in [2.75, 3.05) is 0 Å². The summed E-state index contributed by atoms with van der Waals surface area (Å²) in [6, 6.07) is 2.02. The SMILES string of the molecule is [B]OC(=C(C#N)c1nc(C)oc1C)c1oc(C)nc1C. The Hall–Kier alpha value is -2.49. The molecule has 0 aliphatic carbocycles. The minimum atomic E-state index is 0.0852. The van der Waals surface area contributed by atoms with Gasteiger partial charge in [0.1, 0.15) is 23.1 Å². The van der Waals surface area contributed by atoms with Gasteiger partial charge < -0.3 is 13.5 Å². The molecule has 7 heteroatoms. The van der Waals surface area contributed by atoms with Gasteiger partial charge in [0.25, 0.3) is 0 Å². The maximum absolute atomic E-state index is 9.39. The van der Waals surface area contributed by atoms with Gasteiger partial charge in [-0.1, -0.05) is 0 Å². The second kappa shape index (κ2) is 5.25. The van der Waals surface area contributed by atoms with E-state index in [1.165, 1.54) is 0 Å². The highest BCUT2D eigenvalue weighted by molar-refractivity contribution is 6.06. The van der Waals surface area contributed by atoms with E-state index in [1.807, 2.05) is 6.07 Å². The predicted molar refractivity (Wildman–Crippen MR) is 71.2 cm³/mol. The topological polar surface area (TPSA) is 85.1 Å². The van der Waals surface area contributed by atoms with Crippen LogP contribution in [0, 0.1) is 39.0 Å². The first kappa shape index (κ1) is 13.9. The number of aromatic nitrogens is 2. The molecule has 0 bridgehead atoms. The molecule has 20 heavy (non-hydrogen) atoms. The molecular formula is C13H12BN3O3. The molecule has 0 atom stereocenters. The average Bonchev–Trinajstić information content (AvgIpc) is 2.88. The third-order valence-corrected chi connectivity index (χ3v) is 2.71. The second-order valence-electron chi connectivity index (χ2n) is 4.22. The summed E-state index contributed by atoms with van der Waals surface area (Å²) in [5.74, 6) is 1.80. The summed E-state index contributed by atoms with van der Waals surface area (Å²) in [6.45, 7) is 6.83. The van der Waals surface area contributed by atoms with E-state index in [9.17, 15) is 5.26 Å². The van der Waals surface area contributed by atoms with Crippen LogP contribution in [-0.2, 0) is 4.65 Å². The lowest BCUT2D eigenvalue weighted by Gasteiger charge is -2.06. The maximum atomic E-state index is 9.39. The molecule has 2 aromatic rings. The van der Waals surface area contributed by atoms with Crippen LogP contribution in [0.25, 0.3) is 11.3 Å². The molecule has 0 saturated heterocycles. The number of allylic oxidation sites excluding steroid dienone is 1. The number of nitrogens with zero attached hydrogens (tertiary/aromatic N) is 3. The Morgan fingerprint density at radius 1 is 1.15 bits per heavy atom. The van der Waals surface area contributed by atoms with Gasteiger partial charge in [-0.2, -0.15) is 5.26 Å². The smallest absolute Gasteiger partial charge is 0.374 e. The Balaban J connectivity index is 2.69. The van der Waals surface area contributed by atoms with Crippen molar-refractivity contribution < 1.29 is 13.5 Å². The van der Waals surface area contributed by atoms with E-state index in [-0.39, 0.29) is 11.3 Å². The van der Waals surface area contributed by atoms with Crippen molar-refractivity contribution in [3.05, 3.63) is 34.7 Å². The van der Waals surface area contributed by atoms with Crippen LogP contribution in [0.1, 0.15) is 34.7 Å². The monoisotopic (exact) mass is 269 g/mol. The number of nitriles is 1. The van der Waals surface area contributed by atoms with Gasteiger partial charge in [0.05, 0.1) is 5.69 Å². The first-order chi connectivity index (χ1) is 9.47. The Morgan fingerprint density at radius 2 is 1.80 bits per heavy atom. The van der Waals surface area contributed by atoms with E-state index in [0.29, 0.717) is 34.7 Å². The van der Waals surface area contributed by atoms with Crippen LogP contribution in [-0.4, -0.2) is 18.0 Å². The van der Waals surface area contributed by atoms with Crippen molar-refractivity contribution in [1.82, 2.24) is 9.97 Å². The molecule has 0 spiro atoms. The summed E-state index contributed by atoms with van der Waals surface area (Å²) < 4.78 is 15.6. The lowest BCUT2D eigenvalue weighted by atomic mass is 10.1. The Bertz CT molecular complexity index is 722. The Morgan fingerprint density at radius 3 is 2.20 bits per heavy atom. The van der Waals surface area contributed by atoms with Crippen molar-refractivity contribution in [3.8, 4) is 6.07 Å². The van der Waals surface area contributed by atoms with Crippen LogP contribution in [0.2, 0.25) is 0 Å². The van der Waals surface area contributed by atoms with E-state index < -0.39 is 0 Å². The summed E-state index contributed by atoms with van der Waals surface area (Å²) in [5.41, 5.74) is 1.09. The zero-order valence-corrected chi connectivity index (χ0v) is 11.6. The van der Waals surface area contributed by atoms with Crippen LogP contribution >= 0.6 is 0 Å². The van der Waals surface area contributed by atoms with Gasteiger partial charge in [-0.05, 0) is 13.8 Å². The van der Waals surface area contributed by atoms with E-state index in [4.69, 9.17) is 21.5 Å². The van der Waals surface area contributed by atoms with E-state index >= 15 is 0 Å². The zero-order valence-electron chi connectivity index (χ0n) is 11.6. The number of oxazole rings is 2. The number of aryl methyl sites for hydroxylation is 4. The van der Waals surface area contributed by atoms with Crippen molar-refractivity contribution in [2.24, 2.45) is 0 Å². The molecule has 0 fully saturated rings. The lowest BCUT2D eigenvalue weighted by molar-refractivity contribution is 0.468. The van der Waals surface area contributed by atoms with Gasteiger partial charge in [-0.25, -0.2) is 9.97 Å². The average molecular weight is 269 g/mol. The molecule has 2 heterocycles. The molecule has 0 amide bonds. The number of hydrogen-bond donors (Lipinski definition) is 0. The lowest BCUT2D eigenvalue weighted by Crippen LogP contribution is -1.97. The summed E-state index contributed by atoms with van der Waals surface area (Å²) in [7, 11) is 5.30. The predicted octanol–water partition coefficient (Wildman–Crippen LogP) is 2.39. The maximum Gasteiger partial charge on any atom is 0.374 e. The van der Waals surface area contributed by atoms with Crippen LogP contribution in [0.3, 0.4) is 0 Å². The molecular weight excluding hydrogens is 257 g/mol. The van der Waals surface area contributed by atoms with Crippen molar-refractivity contribution in [1.29, 1.82) is 5.26 Å². The molecule has 0 unspecified atom stereocenters. The van der Waals surface area contributed by atoms with Crippen molar-refractivity contribution in [3.63, 3.8) is 0 Å². The molecule has 2 aromatic heterocycles. The van der Waals surface area contributed by atoms with Gasteiger partial charge in [0, 0.05) is 13.8 Å². The molecule has 0 aromatic carbocycles. The van der Waals surface area contributed by atoms with Gasteiger partial charge >= 0.3 is 8.05 Å². The van der Waals surface area contributed by atoms with Gasteiger partial charge in [-0.15, -0.1) is 0 Å². The molecule has 2 radical (unpaired) electrons. The molecule has 0 aliphatic rings. The van der Waals surface area contributed by atoms with Crippen molar-refractivity contribution in [2.45, 2.75) is 27.7 Å². The highest BCUT2D eigenvalue weighted by Gasteiger charge is 2.22. The minimum absolute atomic E-state index is 0.0852. The summed E-state index contributed by atoms with van der Waals surface area (Å²) in [6.07, 6.45) is 0. The van der Waals surface area contributed by atoms with Crippen LogP contribution in [0.5, 0.6) is 0 Å². The third kappa shape index (κ3) is 2.32. The summed E-state index contributed by atoms with van der Waals surface area (Å²) >= 11 is 0. The van der Waals surface area contributed by atoms with Crippen LogP contribution in [0.15, 0.2) is 8.83 Å². The zero-order chi connectivity index (χ0) is 14.9. The first-order valence-corrected chi connectivity index (χ1v) is 5.87. The highest BCUT2D eigenvalue weighted by Crippen LogP contribution is 2.30. The fourth-order valence-electron chi connectivity index (χ4n) is 1.94. The number of rotatable bonds is 3. The Labute approximate surface area is 117 Å². The summed E-state index contributed by atoms with van der Waals surface area (Å²) in [5, 5.41) is 9.39. The third-order valence-electron chi connectivity index (χ3n) is 2.71. The standard InChI is InChI=1S/C13H12BN3O3/c1-6-12(19-8(3)16-6)13(20-14)10(5-15)11-7(2)18-9(4)17-11/h1-4H3. The van der Waals surface area contributed by atoms with E-state index in [0.717, 1.165) is 0 Å². The fraction of sp³-hybridized carbons (Fsp3) is 0.308. The van der Waals surface area contributed by atoms with E-state index in [1.54, 1.807) is 27.7 Å². The fourth-order valence-corrected chi connectivity index (χ4v) is 1.94. The van der Waals surface area contributed by atoms with Gasteiger partial charge in [0.15, 0.2) is 23.3 Å². The molecule has 6 nitrogen and oxygen atoms in total. The van der Waals surface area contributed by atoms with Gasteiger partial charge in [0.2, 0.25) is 0 Å². The molecule has 0 N–H and O–H groups in total. The molecule has 100 valence electrons. The van der Waals surface area contributed by atoms with Crippen LogP contribution < -0.4 is 0 Å². The van der Waals surface area contributed by atoms with Gasteiger partial charge in [-0.3, -0.25) is 0 Å². The number of hydrogen-bond acceptors (Lipinski definition) is 6. The largest absolute Gasteiger partial charge is 0.564 e. The second-order valence-corrected chi connectivity index (χ2v) is 4.22. The van der Waals surface area contributed by atoms with E-state index in [2.05, 4.69) is 9.97 Å². The molecule has 2 rings (SSSR count). The Kier molecular flexibility index (Phi) is 3.66. The van der Waals surface area contributed by atoms with Crippen LogP contribution in [0.4, 0.5) is 0 Å². The summed E-state index contributed by atoms with van der Waals surface area (Å²) in [4.78, 5) is 8.30. The molecule has 0 saturated carbocycles.